The maximum absolute atomic E-state index is 12.7. The van der Waals surface area contributed by atoms with Gasteiger partial charge in [0.2, 0.25) is 5.91 Å². The minimum absolute atomic E-state index is 0.0499. The zero-order valence-electron chi connectivity index (χ0n) is 15.1. The highest BCUT2D eigenvalue weighted by molar-refractivity contribution is 6.06. The number of hydrogen-bond acceptors (Lipinski definition) is 7. The van der Waals surface area contributed by atoms with E-state index < -0.39 is 5.54 Å². The van der Waals surface area contributed by atoms with E-state index in [2.05, 4.69) is 25.7 Å². The van der Waals surface area contributed by atoms with Crippen LogP contribution in [0.15, 0.2) is 28.8 Å². The molecule has 0 aliphatic carbocycles. The lowest BCUT2D eigenvalue weighted by molar-refractivity contribution is -0.122. The monoisotopic (exact) mass is 369 g/mol. The van der Waals surface area contributed by atoms with Gasteiger partial charge in [-0.1, -0.05) is 17.3 Å². The van der Waals surface area contributed by atoms with Crippen molar-refractivity contribution in [2.75, 3.05) is 30.3 Å². The van der Waals surface area contributed by atoms with Gasteiger partial charge in [0, 0.05) is 19.7 Å². The molecule has 1 atom stereocenters. The normalized spacial score (nSPS) is 24.4. The summed E-state index contributed by atoms with van der Waals surface area (Å²) in [6.45, 7) is 2.98. The standard InChI is InChI=1S/C19H23N5O3/c25-18-19(22-14-5-2-1-4-13(14)20-18)7-9-24(10-8-19)12-16-21-17(27-23-16)15-6-3-11-26-15/h1-2,4-5,15,22H,3,6-12H2,(H,20,25). The molecule has 2 fully saturated rings. The van der Waals surface area contributed by atoms with Crippen LogP contribution in [0.5, 0.6) is 0 Å². The summed E-state index contributed by atoms with van der Waals surface area (Å²) in [4.78, 5) is 19.5. The van der Waals surface area contributed by atoms with Gasteiger partial charge in [0.05, 0.1) is 17.9 Å². The molecule has 0 radical (unpaired) electrons. The summed E-state index contributed by atoms with van der Waals surface area (Å²) in [5.41, 5.74) is 1.30. The van der Waals surface area contributed by atoms with Crippen molar-refractivity contribution < 1.29 is 14.1 Å². The Bertz CT molecular complexity index is 837. The molecule has 1 aromatic heterocycles. The number of hydrogen-bond donors (Lipinski definition) is 2. The zero-order valence-corrected chi connectivity index (χ0v) is 15.1. The van der Waals surface area contributed by atoms with Crippen LogP contribution < -0.4 is 10.6 Å². The Balaban J connectivity index is 1.22. The lowest BCUT2D eigenvalue weighted by Crippen LogP contribution is -2.58. The molecule has 1 aromatic carbocycles. The number of nitrogens with one attached hydrogen (secondary N) is 2. The molecule has 4 heterocycles. The Morgan fingerprint density at radius 1 is 1.22 bits per heavy atom. The summed E-state index contributed by atoms with van der Waals surface area (Å²) < 4.78 is 11.0. The maximum atomic E-state index is 12.7. The zero-order chi connectivity index (χ0) is 18.3. The van der Waals surface area contributed by atoms with Crippen LogP contribution in [0.3, 0.4) is 0 Å². The molecular weight excluding hydrogens is 346 g/mol. The number of ether oxygens (including phenoxy) is 1. The molecule has 2 saturated heterocycles. The third-order valence-corrected chi connectivity index (χ3v) is 5.75. The number of nitrogens with zero attached hydrogens (tertiary/aromatic N) is 3. The third-order valence-electron chi connectivity index (χ3n) is 5.75. The van der Waals surface area contributed by atoms with Gasteiger partial charge in [0.1, 0.15) is 11.6 Å². The SMILES string of the molecule is O=C1Nc2ccccc2NC12CCN(Cc1noc(C3CCCO3)n1)CC2. The second-order valence-electron chi connectivity index (χ2n) is 7.53. The van der Waals surface area contributed by atoms with E-state index in [0.29, 0.717) is 18.3 Å². The van der Waals surface area contributed by atoms with Crippen molar-refractivity contribution in [1.82, 2.24) is 15.0 Å². The summed E-state index contributed by atoms with van der Waals surface area (Å²) in [5.74, 6) is 1.32. The third kappa shape index (κ3) is 3.08. The van der Waals surface area contributed by atoms with E-state index >= 15 is 0 Å². The Morgan fingerprint density at radius 2 is 2.04 bits per heavy atom. The lowest BCUT2D eigenvalue weighted by Gasteiger charge is -2.44. The Morgan fingerprint density at radius 3 is 2.81 bits per heavy atom. The molecule has 142 valence electrons. The van der Waals surface area contributed by atoms with E-state index in [1.165, 1.54) is 0 Å². The molecule has 0 bridgehead atoms. The first-order chi connectivity index (χ1) is 13.2. The van der Waals surface area contributed by atoms with Gasteiger partial charge in [-0.2, -0.15) is 4.98 Å². The summed E-state index contributed by atoms with van der Waals surface area (Å²) in [6.07, 6.45) is 3.41. The van der Waals surface area contributed by atoms with Gasteiger partial charge in [-0.25, -0.2) is 0 Å². The smallest absolute Gasteiger partial charge is 0.255 e. The first-order valence-corrected chi connectivity index (χ1v) is 9.57. The predicted octanol–water partition coefficient (Wildman–Crippen LogP) is 2.32. The van der Waals surface area contributed by atoms with Crippen molar-refractivity contribution in [1.29, 1.82) is 0 Å². The van der Waals surface area contributed by atoms with Crippen molar-refractivity contribution in [2.45, 2.75) is 43.9 Å². The van der Waals surface area contributed by atoms with Gasteiger partial charge in [-0.15, -0.1) is 0 Å². The summed E-state index contributed by atoms with van der Waals surface area (Å²) in [6, 6.07) is 7.84. The van der Waals surface area contributed by atoms with Crippen LogP contribution in [0, 0.1) is 0 Å². The molecule has 27 heavy (non-hydrogen) atoms. The Kier molecular flexibility index (Phi) is 4.09. The predicted molar refractivity (Wildman–Crippen MR) is 98.2 cm³/mol. The van der Waals surface area contributed by atoms with E-state index in [1.807, 2.05) is 24.3 Å². The van der Waals surface area contributed by atoms with E-state index in [-0.39, 0.29) is 12.0 Å². The summed E-state index contributed by atoms with van der Waals surface area (Å²) >= 11 is 0. The molecular formula is C19H23N5O3. The number of aromatic nitrogens is 2. The number of para-hydroxylation sites is 2. The molecule has 1 amide bonds. The fourth-order valence-electron chi connectivity index (χ4n) is 4.14. The van der Waals surface area contributed by atoms with Crippen LogP contribution in [0.1, 0.15) is 43.5 Å². The second kappa shape index (κ2) is 6.61. The minimum Gasteiger partial charge on any atom is -0.369 e. The largest absolute Gasteiger partial charge is 0.369 e. The van der Waals surface area contributed by atoms with Crippen molar-refractivity contribution in [3.05, 3.63) is 36.0 Å². The van der Waals surface area contributed by atoms with Gasteiger partial charge in [-0.3, -0.25) is 9.69 Å². The van der Waals surface area contributed by atoms with Crippen molar-refractivity contribution in [3.63, 3.8) is 0 Å². The molecule has 1 unspecified atom stereocenters. The van der Waals surface area contributed by atoms with Crippen molar-refractivity contribution >= 4 is 17.3 Å². The molecule has 5 rings (SSSR count). The fraction of sp³-hybridized carbons (Fsp3) is 0.526. The number of anilines is 2. The van der Waals surface area contributed by atoms with Gasteiger partial charge in [0.15, 0.2) is 5.82 Å². The van der Waals surface area contributed by atoms with Crippen molar-refractivity contribution in [3.8, 4) is 0 Å². The molecule has 8 nitrogen and oxygen atoms in total. The van der Waals surface area contributed by atoms with E-state index in [0.717, 1.165) is 56.8 Å². The number of carbonyl (C=O) groups is 1. The van der Waals surface area contributed by atoms with Gasteiger partial charge < -0.3 is 19.9 Å². The van der Waals surface area contributed by atoms with E-state index in [1.54, 1.807) is 0 Å². The van der Waals surface area contributed by atoms with Crippen LogP contribution in [0.25, 0.3) is 0 Å². The van der Waals surface area contributed by atoms with Crippen LogP contribution in [0.2, 0.25) is 0 Å². The molecule has 0 saturated carbocycles. The van der Waals surface area contributed by atoms with Crippen LogP contribution >= 0.6 is 0 Å². The molecule has 8 heteroatoms. The average Bonchev–Trinajstić information content (AvgIpc) is 3.36. The number of benzene rings is 1. The van der Waals surface area contributed by atoms with Crippen LogP contribution in [0.4, 0.5) is 11.4 Å². The number of fused-ring (bicyclic) bond motifs is 1. The Hall–Kier alpha value is -2.45. The average molecular weight is 369 g/mol. The summed E-state index contributed by atoms with van der Waals surface area (Å²) in [5, 5.41) is 10.6. The van der Waals surface area contributed by atoms with E-state index in [9.17, 15) is 4.79 Å². The number of likely N-dealkylation sites (tertiary alicyclic amines) is 1. The van der Waals surface area contributed by atoms with Crippen LogP contribution in [-0.4, -0.2) is 46.2 Å². The van der Waals surface area contributed by atoms with Crippen LogP contribution in [-0.2, 0) is 16.1 Å². The molecule has 2 N–H and O–H groups in total. The highest BCUT2D eigenvalue weighted by Crippen LogP contribution is 2.36. The lowest BCUT2D eigenvalue weighted by atomic mass is 9.84. The second-order valence-corrected chi connectivity index (χ2v) is 7.53. The number of piperidine rings is 1. The van der Waals surface area contributed by atoms with E-state index in [4.69, 9.17) is 9.26 Å². The highest BCUT2D eigenvalue weighted by atomic mass is 16.5. The molecule has 3 aliphatic rings. The minimum atomic E-state index is -0.537. The van der Waals surface area contributed by atoms with Gasteiger partial charge in [-0.05, 0) is 37.8 Å². The molecule has 1 spiro atoms. The quantitative estimate of drug-likeness (QED) is 0.858. The number of rotatable bonds is 3. The number of carbonyl (C=O) groups excluding carboxylic acids is 1. The fourth-order valence-corrected chi connectivity index (χ4v) is 4.14. The van der Waals surface area contributed by atoms with Crippen molar-refractivity contribution in [2.24, 2.45) is 0 Å². The molecule has 2 aromatic rings. The number of amides is 1. The first kappa shape index (κ1) is 16.7. The Labute approximate surface area is 157 Å². The van der Waals surface area contributed by atoms with Gasteiger partial charge >= 0.3 is 0 Å². The van der Waals surface area contributed by atoms with Gasteiger partial charge in [0.25, 0.3) is 5.89 Å². The topological polar surface area (TPSA) is 92.5 Å². The maximum Gasteiger partial charge on any atom is 0.255 e. The molecule has 3 aliphatic heterocycles. The first-order valence-electron chi connectivity index (χ1n) is 9.57. The highest BCUT2D eigenvalue weighted by Gasteiger charge is 2.44. The summed E-state index contributed by atoms with van der Waals surface area (Å²) in [7, 11) is 0.